The van der Waals surface area contributed by atoms with E-state index < -0.39 is 0 Å². The molecule has 1 heterocycles. The van der Waals surface area contributed by atoms with Gasteiger partial charge in [0.1, 0.15) is 28.9 Å². The fourth-order valence-electron chi connectivity index (χ4n) is 2.25. The number of nitrogens with zero attached hydrogens (tertiary/aromatic N) is 1. The van der Waals surface area contributed by atoms with Gasteiger partial charge in [-0.3, -0.25) is 4.79 Å². The van der Waals surface area contributed by atoms with Crippen molar-refractivity contribution in [2.45, 2.75) is 19.6 Å². The maximum Gasteiger partial charge on any atom is 0.271 e. The number of halogens is 1. The molecule has 6 heteroatoms. The van der Waals surface area contributed by atoms with Gasteiger partial charge in [0.05, 0.1) is 6.04 Å². The van der Waals surface area contributed by atoms with Gasteiger partial charge in [-0.15, -0.1) is 11.3 Å². The van der Waals surface area contributed by atoms with Gasteiger partial charge < -0.3 is 10.1 Å². The highest BCUT2D eigenvalue weighted by Crippen LogP contribution is 2.17. The predicted molar refractivity (Wildman–Crippen MR) is 95.2 cm³/mol. The normalized spacial score (nSPS) is 11.8. The third kappa shape index (κ3) is 4.64. The van der Waals surface area contributed by atoms with E-state index in [4.69, 9.17) is 4.74 Å². The van der Waals surface area contributed by atoms with E-state index in [1.54, 1.807) is 17.5 Å². The number of thiazole rings is 1. The number of aromatic nitrogens is 1. The third-order valence-corrected chi connectivity index (χ3v) is 4.43. The minimum Gasteiger partial charge on any atom is -0.486 e. The van der Waals surface area contributed by atoms with Crippen LogP contribution in [0.4, 0.5) is 4.39 Å². The predicted octanol–water partition coefficient (Wildman–Crippen LogP) is 4.35. The monoisotopic (exact) mass is 356 g/mol. The smallest absolute Gasteiger partial charge is 0.271 e. The standard InChI is InChI=1S/C19H17FN2O2S/c1-13(14-5-3-2-4-6-14)21-19(23)17-12-25-18(22-17)11-24-16-9-7-15(20)8-10-16/h2-10,12-13H,11H2,1H3,(H,21,23). The van der Waals surface area contributed by atoms with Crippen LogP contribution in [0.15, 0.2) is 60.0 Å². The Bertz CT molecular complexity index is 834. The van der Waals surface area contributed by atoms with E-state index in [0.717, 1.165) is 5.56 Å². The molecule has 25 heavy (non-hydrogen) atoms. The summed E-state index contributed by atoms with van der Waals surface area (Å²) in [7, 11) is 0. The Morgan fingerprint density at radius 1 is 1.20 bits per heavy atom. The third-order valence-electron chi connectivity index (χ3n) is 3.61. The summed E-state index contributed by atoms with van der Waals surface area (Å²) in [5.74, 6) is 0.0222. The molecule has 3 aromatic rings. The molecule has 1 N–H and O–H groups in total. The van der Waals surface area contributed by atoms with Gasteiger partial charge >= 0.3 is 0 Å². The fourth-order valence-corrected chi connectivity index (χ4v) is 2.94. The molecule has 0 saturated heterocycles. The van der Waals surface area contributed by atoms with Crippen LogP contribution < -0.4 is 10.1 Å². The molecule has 0 radical (unpaired) electrons. The molecule has 1 unspecified atom stereocenters. The lowest BCUT2D eigenvalue weighted by molar-refractivity contribution is 0.0935. The Balaban J connectivity index is 1.57. The zero-order valence-corrected chi connectivity index (χ0v) is 14.4. The molecule has 0 aliphatic heterocycles. The summed E-state index contributed by atoms with van der Waals surface area (Å²) in [5, 5.41) is 5.32. The number of hydrogen-bond acceptors (Lipinski definition) is 4. The van der Waals surface area contributed by atoms with Crippen LogP contribution in [0.25, 0.3) is 0 Å². The average Bonchev–Trinajstić information content (AvgIpc) is 3.11. The van der Waals surface area contributed by atoms with Crippen LogP contribution in [-0.2, 0) is 6.61 Å². The second kappa shape index (κ2) is 7.90. The van der Waals surface area contributed by atoms with Gasteiger partial charge in [0.15, 0.2) is 0 Å². The summed E-state index contributed by atoms with van der Waals surface area (Å²) in [6, 6.07) is 15.4. The van der Waals surface area contributed by atoms with Crippen molar-refractivity contribution >= 4 is 17.2 Å². The molecule has 0 aliphatic rings. The molecular weight excluding hydrogens is 339 g/mol. The van der Waals surface area contributed by atoms with Gasteiger partial charge in [0, 0.05) is 5.38 Å². The van der Waals surface area contributed by atoms with Crippen molar-refractivity contribution in [3.63, 3.8) is 0 Å². The maximum atomic E-state index is 12.9. The molecule has 1 amide bonds. The number of carbonyl (C=O) groups excluding carboxylic acids is 1. The number of nitrogens with one attached hydrogen (secondary N) is 1. The number of amides is 1. The first-order chi connectivity index (χ1) is 12.1. The number of rotatable bonds is 6. The Hall–Kier alpha value is -2.73. The Morgan fingerprint density at radius 2 is 1.92 bits per heavy atom. The van der Waals surface area contributed by atoms with Gasteiger partial charge in [-0.25, -0.2) is 9.37 Å². The average molecular weight is 356 g/mol. The molecule has 128 valence electrons. The highest BCUT2D eigenvalue weighted by atomic mass is 32.1. The van der Waals surface area contributed by atoms with Crippen LogP contribution >= 0.6 is 11.3 Å². The van der Waals surface area contributed by atoms with E-state index in [-0.39, 0.29) is 24.4 Å². The summed E-state index contributed by atoms with van der Waals surface area (Å²) < 4.78 is 18.4. The molecule has 1 atom stereocenters. The van der Waals surface area contributed by atoms with Gasteiger partial charge in [0.25, 0.3) is 5.91 Å². The summed E-state index contributed by atoms with van der Waals surface area (Å²) in [5.41, 5.74) is 1.40. The molecular formula is C19H17FN2O2S. The minimum absolute atomic E-state index is 0.102. The van der Waals surface area contributed by atoms with Crippen LogP contribution in [0.1, 0.15) is 34.0 Å². The summed E-state index contributed by atoms with van der Waals surface area (Å²) in [6.45, 7) is 2.16. The second-order valence-corrected chi connectivity index (χ2v) is 6.42. The van der Waals surface area contributed by atoms with Crippen LogP contribution in [0, 0.1) is 5.82 Å². The minimum atomic E-state index is -0.312. The van der Waals surface area contributed by atoms with Crippen LogP contribution in [0.5, 0.6) is 5.75 Å². The van der Waals surface area contributed by atoms with Crippen molar-refractivity contribution in [1.82, 2.24) is 10.3 Å². The molecule has 0 spiro atoms. The van der Waals surface area contributed by atoms with Crippen LogP contribution in [0.2, 0.25) is 0 Å². The lowest BCUT2D eigenvalue weighted by atomic mass is 10.1. The lowest BCUT2D eigenvalue weighted by Gasteiger charge is -2.13. The van der Waals surface area contributed by atoms with Gasteiger partial charge in [-0.05, 0) is 36.8 Å². The van der Waals surface area contributed by atoms with Gasteiger partial charge in [-0.2, -0.15) is 0 Å². The van der Waals surface area contributed by atoms with Crippen molar-refractivity contribution in [2.75, 3.05) is 0 Å². The molecule has 0 fully saturated rings. The van der Waals surface area contributed by atoms with E-state index in [1.165, 1.54) is 23.5 Å². The summed E-state index contributed by atoms with van der Waals surface area (Å²) in [6.07, 6.45) is 0. The quantitative estimate of drug-likeness (QED) is 0.714. The zero-order valence-electron chi connectivity index (χ0n) is 13.6. The van der Waals surface area contributed by atoms with Crippen molar-refractivity contribution in [2.24, 2.45) is 0 Å². The zero-order chi connectivity index (χ0) is 17.6. The van der Waals surface area contributed by atoms with Crippen molar-refractivity contribution in [3.8, 4) is 5.75 Å². The van der Waals surface area contributed by atoms with Crippen LogP contribution in [-0.4, -0.2) is 10.9 Å². The first-order valence-corrected chi connectivity index (χ1v) is 8.68. The molecule has 2 aromatic carbocycles. The Labute approximate surface area is 149 Å². The number of ether oxygens (including phenoxy) is 1. The van der Waals surface area contributed by atoms with Crippen LogP contribution in [0.3, 0.4) is 0 Å². The number of benzene rings is 2. The van der Waals surface area contributed by atoms with Gasteiger partial charge in [0.2, 0.25) is 0 Å². The second-order valence-electron chi connectivity index (χ2n) is 5.47. The van der Waals surface area contributed by atoms with Crippen molar-refractivity contribution in [3.05, 3.63) is 82.1 Å². The maximum absolute atomic E-state index is 12.9. The Morgan fingerprint density at radius 3 is 2.64 bits per heavy atom. The van der Waals surface area contributed by atoms with E-state index in [1.807, 2.05) is 37.3 Å². The Kier molecular flexibility index (Phi) is 5.40. The van der Waals surface area contributed by atoms with E-state index in [2.05, 4.69) is 10.3 Å². The lowest BCUT2D eigenvalue weighted by Crippen LogP contribution is -2.26. The first kappa shape index (κ1) is 17.1. The number of hydrogen-bond donors (Lipinski definition) is 1. The molecule has 0 bridgehead atoms. The first-order valence-electron chi connectivity index (χ1n) is 7.80. The summed E-state index contributed by atoms with van der Waals surface area (Å²) >= 11 is 1.35. The van der Waals surface area contributed by atoms with Gasteiger partial charge in [-0.1, -0.05) is 30.3 Å². The van der Waals surface area contributed by atoms with Crippen molar-refractivity contribution < 1.29 is 13.9 Å². The molecule has 3 rings (SSSR count). The highest BCUT2D eigenvalue weighted by Gasteiger charge is 2.14. The summed E-state index contributed by atoms with van der Waals surface area (Å²) in [4.78, 5) is 16.6. The molecule has 0 aliphatic carbocycles. The highest BCUT2D eigenvalue weighted by molar-refractivity contribution is 7.09. The molecule has 1 aromatic heterocycles. The van der Waals surface area contributed by atoms with E-state index >= 15 is 0 Å². The molecule has 0 saturated carbocycles. The van der Waals surface area contributed by atoms with Crippen molar-refractivity contribution in [1.29, 1.82) is 0 Å². The number of carbonyl (C=O) groups is 1. The largest absolute Gasteiger partial charge is 0.486 e. The molecule has 4 nitrogen and oxygen atoms in total. The SMILES string of the molecule is CC(NC(=O)c1csc(COc2ccc(F)cc2)n1)c1ccccc1. The topological polar surface area (TPSA) is 51.2 Å². The fraction of sp³-hybridized carbons (Fsp3) is 0.158. The van der Waals surface area contributed by atoms with E-state index in [9.17, 15) is 9.18 Å². The van der Waals surface area contributed by atoms with E-state index in [0.29, 0.717) is 16.5 Å².